The maximum atomic E-state index is 11.7. The zero-order valence-corrected chi connectivity index (χ0v) is 28.8. The average Bonchev–Trinajstić information content (AvgIpc) is 3.01. The minimum absolute atomic E-state index is 0.486. The van der Waals surface area contributed by atoms with E-state index in [1.807, 2.05) is 0 Å². The van der Waals surface area contributed by atoms with E-state index in [2.05, 4.69) is 62.5 Å². The van der Waals surface area contributed by atoms with Crippen molar-refractivity contribution in [3.63, 3.8) is 0 Å². The van der Waals surface area contributed by atoms with Crippen molar-refractivity contribution in [3.05, 3.63) is 48.6 Å². The summed E-state index contributed by atoms with van der Waals surface area (Å²) in [5.41, 5.74) is 0. The fourth-order valence-electron chi connectivity index (χ4n) is 5.06. The molecule has 250 valence electrons. The number of hydrogen-bond acceptors (Lipinski definition) is 3. The third-order valence-corrected chi connectivity index (χ3v) is 7.88. The van der Waals surface area contributed by atoms with Crippen LogP contribution in [0.3, 0.4) is 0 Å². The molecule has 0 atom stereocenters. The molecule has 0 aromatic rings. The van der Waals surface area contributed by atoms with Crippen LogP contribution in [0.2, 0.25) is 0 Å². The Kier molecular flexibility index (Phi) is 36.7. The lowest BCUT2D eigenvalue weighted by molar-refractivity contribution is 0.0529. The fraction of sp³-hybridized carbons (Fsp3) is 0.775. The van der Waals surface area contributed by atoms with Crippen LogP contribution in [0.25, 0.3) is 0 Å². The van der Waals surface area contributed by atoms with Crippen LogP contribution < -0.4 is 0 Å². The van der Waals surface area contributed by atoms with E-state index >= 15 is 0 Å². The van der Waals surface area contributed by atoms with Crippen LogP contribution in [0.15, 0.2) is 48.6 Å². The summed E-state index contributed by atoms with van der Waals surface area (Å²) in [6.07, 6.45) is 51.5. The summed E-state index contributed by atoms with van der Waals surface area (Å²) >= 11 is 0. The highest BCUT2D eigenvalue weighted by atomic mass is 16.7. The Morgan fingerprint density at radius 3 is 0.977 bits per heavy atom. The summed E-state index contributed by atoms with van der Waals surface area (Å²) in [5, 5.41) is 0. The number of hydrogen-bond donors (Lipinski definition) is 0. The van der Waals surface area contributed by atoms with E-state index < -0.39 is 6.16 Å². The van der Waals surface area contributed by atoms with Crippen molar-refractivity contribution in [2.75, 3.05) is 13.2 Å². The first-order valence-corrected chi connectivity index (χ1v) is 18.7. The molecule has 0 radical (unpaired) electrons. The minimum Gasteiger partial charge on any atom is -0.434 e. The number of carbonyl (C=O) groups is 1. The molecule has 0 heterocycles. The summed E-state index contributed by atoms with van der Waals surface area (Å²) in [6, 6.07) is 0. The van der Waals surface area contributed by atoms with Crippen molar-refractivity contribution in [3.8, 4) is 0 Å². The molecular formula is C40H72O3. The molecule has 0 bridgehead atoms. The normalized spacial score (nSPS) is 12.0. The van der Waals surface area contributed by atoms with Crippen LogP contribution in [-0.2, 0) is 9.47 Å². The van der Waals surface area contributed by atoms with Gasteiger partial charge in [-0.05, 0) is 77.0 Å². The fourth-order valence-corrected chi connectivity index (χ4v) is 5.06. The van der Waals surface area contributed by atoms with Gasteiger partial charge in [-0.3, -0.25) is 0 Å². The van der Waals surface area contributed by atoms with Gasteiger partial charge in [0.2, 0.25) is 0 Å². The first-order valence-electron chi connectivity index (χ1n) is 18.7. The van der Waals surface area contributed by atoms with Gasteiger partial charge in [0, 0.05) is 0 Å². The van der Waals surface area contributed by atoms with Crippen LogP contribution in [0.1, 0.15) is 187 Å². The van der Waals surface area contributed by atoms with Gasteiger partial charge in [-0.15, -0.1) is 0 Å². The third kappa shape index (κ3) is 38.2. The highest BCUT2D eigenvalue weighted by Gasteiger charge is 2.03. The van der Waals surface area contributed by atoms with Crippen LogP contribution in [-0.4, -0.2) is 19.4 Å². The topological polar surface area (TPSA) is 35.5 Å². The maximum Gasteiger partial charge on any atom is 0.508 e. The average molecular weight is 601 g/mol. The molecule has 3 nitrogen and oxygen atoms in total. The molecule has 0 amide bonds. The van der Waals surface area contributed by atoms with Crippen LogP contribution >= 0.6 is 0 Å². The van der Waals surface area contributed by atoms with Gasteiger partial charge in [-0.25, -0.2) is 4.79 Å². The standard InChI is InChI=1S/C40H72O3/c1-3-5-7-9-11-13-15-17-19-21-22-23-25-27-29-31-33-35-37-39-43-40(41)42-38-36-34-32-30-28-26-24-20-18-16-14-12-10-8-6-4-2/h11-14,17-20H,3-10,15-16,21-39H2,1-2H3/b13-11-,14-12-,19-17-,20-18-. The zero-order chi connectivity index (χ0) is 31.2. The largest absolute Gasteiger partial charge is 0.508 e. The maximum absolute atomic E-state index is 11.7. The van der Waals surface area contributed by atoms with E-state index in [0.717, 1.165) is 38.5 Å². The first kappa shape index (κ1) is 41.2. The third-order valence-electron chi connectivity index (χ3n) is 7.88. The monoisotopic (exact) mass is 601 g/mol. The van der Waals surface area contributed by atoms with Gasteiger partial charge in [-0.2, -0.15) is 0 Å². The lowest BCUT2D eigenvalue weighted by Crippen LogP contribution is -2.09. The first-order chi connectivity index (χ1) is 21.3. The van der Waals surface area contributed by atoms with Crippen LogP contribution in [0.5, 0.6) is 0 Å². The van der Waals surface area contributed by atoms with Gasteiger partial charge in [0.25, 0.3) is 0 Å². The second-order valence-corrected chi connectivity index (χ2v) is 12.2. The van der Waals surface area contributed by atoms with Gasteiger partial charge < -0.3 is 9.47 Å². The molecule has 0 unspecified atom stereocenters. The van der Waals surface area contributed by atoms with Crippen molar-refractivity contribution in [1.82, 2.24) is 0 Å². The van der Waals surface area contributed by atoms with E-state index in [4.69, 9.17) is 9.47 Å². The lowest BCUT2D eigenvalue weighted by atomic mass is 10.1. The summed E-state index contributed by atoms with van der Waals surface area (Å²) in [5.74, 6) is 0. The highest BCUT2D eigenvalue weighted by molar-refractivity contribution is 5.59. The lowest BCUT2D eigenvalue weighted by Gasteiger charge is -2.06. The second kappa shape index (κ2) is 38.3. The van der Waals surface area contributed by atoms with Gasteiger partial charge in [-0.1, -0.05) is 159 Å². The van der Waals surface area contributed by atoms with Gasteiger partial charge in [0.05, 0.1) is 13.2 Å². The van der Waals surface area contributed by atoms with Crippen molar-refractivity contribution >= 4 is 6.16 Å². The Morgan fingerprint density at radius 1 is 0.372 bits per heavy atom. The molecule has 0 aliphatic rings. The molecule has 0 aliphatic carbocycles. The number of rotatable bonds is 33. The summed E-state index contributed by atoms with van der Waals surface area (Å²) < 4.78 is 10.4. The Labute approximate surface area is 269 Å². The van der Waals surface area contributed by atoms with Gasteiger partial charge in [0.1, 0.15) is 0 Å². The molecule has 0 rings (SSSR count). The van der Waals surface area contributed by atoms with E-state index in [0.29, 0.717) is 13.2 Å². The molecule has 0 saturated heterocycles. The molecule has 0 spiro atoms. The van der Waals surface area contributed by atoms with Crippen molar-refractivity contribution in [1.29, 1.82) is 0 Å². The summed E-state index contributed by atoms with van der Waals surface area (Å²) in [7, 11) is 0. The van der Waals surface area contributed by atoms with Crippen molar-refractivity contribution < 1.29 is 14.3 Å². The Morgan fingerprint density at radius 2 is 0.651 bits per heavy atom. The number of allylic oxidation sites excluding steroid dienone is 8. The number of carbonyl (C=O) groups excluding carboxylic acids is 1. The predicted molar refractivity (Wildman–Crippen MR) is 190 cm³/mol. The smallest absolute Gasteiger partial charge is 0.434 e. The molecule has 0 N–H and O–H groups in total. The van der Waals surface area contributed by atoms with E-state index in [-0.39, 0.29) is 0 Å². The van der Waals surface area contributed by atoms with E-state index in [9.17, 15) is 4.79 Å². The molecular weight excluding hydrogens is 528 g/mol. The quantitative estimate of drug-likeness (QED) is 0.0427. The number of unbranched alkanes of at least 4 members (excludes halogenated alkanes) is 21. The summed E-state index contributed by atoms with van der Waals surface area (Å²) in [4.78, 5) is 11.7. The Balaban J connectivity index is 3.26. The van der Waals surface area contributed by atoms with Gasteiger partial charge >= 0.3 is 6.16 Å². The molecule has 0 fully saturated rings. The predicted octanol–water partition coefficient (Wildman–Crippen LogP) is 13.9. The molecule has 0 aromatic heterocycles. The highest BCUT2D eigenvalue weighted by Crippen LogP contribution is 2.12. The van der Waals surface area contributed by atoms with Crippen molar-refractivity contribution in [2.24, 2.45) is 0 Å². The molecule has 0 aliphatic heterocycles. The summed E-state index contributed by atoms with van der Waals surface area (Å²) in [6.45, 7) is 5.49. The minimum atomic E-state index is -0.490. The molecule has 43 heavy (non-hydrogen) atoms. The Bertz CT molecular complexity index is 661. The number of ether oxygens (including phenoxy) is 2. The van der Waals surface area contributed by atoms with E-state index in [1.54, 1.807) is 0 Å². The Hall–Kier alpha value is -1.77. The SMILES string of the molecule is CCCCC/C=C\C/C=C\CCCCCCCCCCCOC(=O)OCCCCCCCC/C=C\C/C=C\CCCCC. The second-order valence-electron chi connectivity index (χ2n) is 12.2. The zero-order valence-electron chi connectivity index (χ0n) is 28.8. The molecule has 3 heteroatoms. The van der Waals surface area contributed by atoms with Crippen molar-refractivity contribution in [2.45, 2.75) is 187 Å². The molecule has 0 saturated carbocycles. The molecule has 0 aromatic carbocycles. The van der Waals surface area contributed by atoms with Crippen LogP contribution in [0.4, 0.5) is 4.79 Å². The van der Waals surface area contributed by atoms with Crippen LogP contribution in [0, 0.1) is 0 Å². The van der Waals surface area contributed by atoms with E-state index in [1.165, 1.54) is 135 Å². The van der Waals surface area contributed by atoms with Gasteiger partial charge in [0.15, 0.2) is 0 Å².